The minimum absolute atomic E-state index is 0.0180. The fraction of sp³-hybridized carbons (Fsp3) is 0.875. The van der Waals surface area contributed by atoms with Crippen LogP contribution < -0.4 is 5.32 Å². The highest BCUT2D eigenvalue weighted by molar-refractivity contribution is 5.84. The maximum atomic E-state index is 12.1. The number of unbranched alkanes of at least 4 members (excludes halogenated alkanes) is 3. The van der Waals surface area contributed by atoms with Crippen molar-refractivity contribution in [2.75, 3.05) is 0 Å². The summed E-state index contributed by atoms with van der Waals surface area (Å²) in [4.78, 5) is 23.9. The van der Waals surface area contributed by atoms with Gasteiger partial charge in [0.25, 0.3) is 0 Å². The number of esters is 1. The first-order chi connectivity index (χ1) is 9.17. The van der Waals surface area contributed by atoms with Crippen molar-refractivity contribution in [1.82, 2.24) is 5.32 Å². The van der Waals surface area contributed by atoms with E-state index in [0.29, 0.717) is 6.42 Å². The van der Waals surface area contributed by atoms with Crippen LogP contribution >= 0.6 is 0 Å². The molecule has 0 aromatic rings. The van der Waals surface area contributed by atoms with Crippen LogP contribution in [0.25, 0.3) is 0 Å². The van der Waals surface area contributed by atoms with Crippen molar-refractivity contribution in [3.05, 3.63) is 0 Å². The predicted molar refractivity (Wildman–Crippen MR) is 81.4 cm³/mol. The minimum atomic E-state index is -0.562. The molecule has 0 aromatic carbocycles. The number of amides is 1. The van der Waals surface area contributed by atoms with Gasteiger partial charge in [-0.1, -0.05) is 40.0 Å². The lowest BCUT2D eigenvalue weighted by Gasteiger charge is -2.26. The topological polar surface area (TPSA) is 55.4 Å². The Labute approximate surface area is 123 Å². The number of hydrogen-bond acceptors (Lipinski definition) is 3. The summed E-state index contributed by atoms with van der Waals surface area (Å²) in [5.41, 5.74) is -0.532. The summed E-state index contributed by atoms with van der Waals surface area (Å²) in [6, 6.07) is -0.562. The first-order valence-corrected chi connectivity index (χ1v) is 7.69. The van der Waals surface area contributed by atoms with Crippen molar-refractivity contribution in [3.63, 3.8) is 0 Å². The van der Waals surface area contributed by atoms with Gasteiger partial charge in [-0.25, -0.2) is 4.79 Å². The Morgan fingerprint density at radius 1 is 1.10 bits per heavy atom. The van der Waals surface area contributed by atoms with Gasteiger partial charge in [-0.3, -0.25) is 4.79 Å². The maximum absolute atomic E-state index is 12.1. The predicted octanol–water partition coefficient (Wildman–Crippen LogP) is 3.44. The molecule has 0 aliphatic heterocycles. The summed E-state index contributed by atoms with van der Waals surface area (Å²) < 4.78 is 5.35. The molecule has 0 bridgehead atoms. The molecular weight excluding hydrogens is 254 g/mol. The minimum Gasteiger partial charge on any atom is -0.458 e. The van der Waals surface area contributed by atoms with Gasteiger partial charge in [-0.15, -0.1) is 0 Å². The molecule has 1 atom stereocenters. The zero-order valence-corrected chi connectivity index (χ0v) is 13.9. The van der Waals surface area contributed by atoms with Crippen molar-refractivity contribution >= 4 is 11.9 Å². The summed E-state index contributed by atoms with van der Waals surface area (Å²) in [6.07, 6.45) is 4.70. The van der Waals surface area contributed by atoms with Crippen LogP contribution in [0.5, 0.6) is 0 Å². The summed E-state index contributed by atoms with van der Waals surface area (Å²) in [6.45, 7) is 11.4. The fourth-order valence-electron chi connectivity index (χ4n) is 1.82. The fourth-order valence-corrected chi connectivity index (χ4v) is 1.82. The van der Waals surface area contributed by atoms with Crippen LogP contribution in [0.15, 0.2) is 0 Å². The second kappa shape index (κ2) is 8.98. The molecule has 0 saturated heterocycles. The number of nitrogens with one attached hydrogen (secondary N) is 1. The average Bonchev–Trinajstić information content (AvgIpc) is 2.29. The van der Waals surface area contributed by atoms with Crippen molar-refractivity contribution in [1.29, 1.82) is 0 Å². The van der Waals surface area contributed by atoms with Gasteiger partial charge in [0.15, 0.2) is 0 Å². The molecule has 118 valence electrons. The standard InChI is InChI=1S/C16H31NO3/c1-7-8-9-10-11-13(18)17-14(12(2)3)15(19)20-16(4,5)6/h12,14H,7-11H2,1-6H3,(H,17,18)/t14-/m0/s1. The van der Waals surface area contributed by atoms with Crippen molar-refractivity contribution < 1.29 is 14.3 Å². The Bertz CT molecular complexity index is 305. The molecule has 0 fully saturated rings. The number of carbonyl (C=O) groups is 2. The second-order valence-electron chi connectivity index (χ2n) is 6.63. The lowest BCUT2D eigenvalue weighted by Crippen LogP contribution is -2.47. The maximum Gasteiger partial charge on any atom is 0.329 e. The van der Waals surface area contributed by atoms with Gasteiger partial charge in [0.05, 0.1) is 0 Å². The SMILES string of the molecule is CCCCCCC(=O)N[C@H](C(=O)OC(C)(C)C)C(C)C. The van der Waals surface area contributed by atoms with Gasteiger partial charge in [-0.2, -0.15) is 0 Å². The van der Waals surface area contributed by atoms with Crippen LogP contribution in [-0.4, -0.2) is 23.5 Å². The van der Waals surface area contributed by atoms with E-state index >= 15 is 0 Å². The second-order valence-corrected chi connectivity index (χ2v) is 6.63. The summed E-state index contributed by atoms with van der Waals surface area (Å²) >= 11 is 0. The van der Waals surface area contributed by atoms with Crippen LogP contribution in [0.2, 0.25) is 0 Å². The van der Waals surface area contributed by atoms with E-state index in [1.165, 1.54) is 0 Å². The van der Waals surface area contributed by atoms with Gasteiger partial charge in [0.2, 0.25) is 5.91 Å². The Morgan fingerprint density at radius 3 is 2.15 bits per heavy atom. The normalized spacial score (nSPS) is 13.2. The van der Waals surface area contributed by atoms with Crippen molar-refractivity contribution in [3.8, 4) is 0 Å². The van der Waals surface area contributed by atoms with Crippen molar-refractivity contribution in [2.24, 2.45) is 5.92 Å². The molecule has 1 N–H and O–H groups in total. The van der Waals surface area contributed by atoms with E-state index in [4.69, 9.17) is 4.74 Å². The first-order valence-electron chi connectivity index (χ1n) is 7.69. The van der Waals surface area contributed by atoms with Crippen LogP contribution in [0.1, 0.15) is 73.6 Å². The van der Waals surface area contributed by atoms with Gasteiger partial charge in [-0.05, 0) is 33.1 Å². The Balaban J connectivity index is 4.33. The van der Waals surface area contributed by atoms with E-state index in [1.807, 2.05) is 34.6 Å². The molecule has 0 heterocycles. The number of hydrogen-bond donors (Lipinski definition) is 1. The summed E-state index contributed by atoms with van der Waals surface area (Å²) in [5, 5.41) is 2.80. The average molecular weight is 285 g/mol. The molecule has 0 spiro atoms. The quantitative estimate of drug-likeness (QED) is 0.549. The zero-order valence-electron chi connectivity index (χ0n) is 13.9. The van der Waals surface area contributed by atoms with E-state index in [0.717, 1.165) is 25.7 Å². The van der Waals surface area contributed by atoms with E-state index in [2.05, 4.69) is 12.2 Å². The van der Waals surface area contributed by atoms with E-state index < -0.39 is 11.6 Å². The number of carbonyl (C=O) groups excluding carboxylic acids is 2. The zero-order chi connectivity index (χ0) is 15.8. The molecule has 20 heavy (non-hydrogen) atoms. The van der Waals surface area contributed by atoms with Crippen LogP contribution in [0.4, 0.5) is 0 Å². The van der Waals surface area contributed by atoms with Gasteiger partial charge >= 0.3 is 5.97 Å². The molecule has 0 radical (unpaired) electrons. The third kappa shape index (κ3) is 8.94. The third-order valence-electron chi connectivity index (χ3n) is 2.90. The molecule has 1 amide bonds. The Kier molecular flexibility index (Phi) is 8.51. The molecule has 0 aliphatic carbocycles. The molecular formula is C16H31NO3. The monoisotopic (exact) mass is 285 g/mol. The molecule has 0 unspecified atom stereocenters. The molecule has 0 aliphatic rings. The van der Waals surface area contributed by atoms with E-state index in [9.17, 15) is 9.59 Å². The highest BCUT2D eigenvalue weighted by Crippen LogP contribution is 2.13. The molecule has 0 saturated carbocycles. The van der Waals surface area contributed by atoms with E-state index in [1.54, 1.807) is 0 Å². The van der Waals surface area contributed by atoms with Crippen LogP contribution in [-0.2, 0) is 14.3 Å². The molecule has 0 rings (SSSR count). The van der Waals surface area contributed by atoms with Crippen molar-refractivity contribution in [2.45, 2.75) is 85.3 Å². The highest BCUT2D eigenvalue weighted by atomic mass is 16.6. The van der Waals surface area contributed by atoms with Gasteiger partial charge in [0.1, 0.15) is 11.6 Å². The first kappa shape index (κ1) is 18.9. The van der Waals surface area contributed by atoms with Gasteiger partial charge < -0.3 is 10.1 Å². The number of ether oxygens (including phenoxy) is 1. The lowest BCUT2D eigenvalue weighted by atomic mass is 10.0. The smallest absolute Gasteiger partial charge is 0.329 e. The molecule has 4 heteroatoms. The van der Waals surface area contributed by atoms with E-state index in [-0.39, 0.29) is 17.8 Å². The third-order valence-corrected chi connectivity index (χ3v) is 2.90. The number of rotatable bonds is 8. The largest absolute Gasteiger partial charge is 0.458 e. The lowest BCUT2D eigenvalue weighted by molar-refractivity contribution is -0.160. The Hall–Kier alpha value is -1.06. The van der Waals surface area contributed by atoms with Gasteiger partial charge in [0, 0.05) is 6.42 Å². The highest BCUT2D eigenvalue weighted by Gasteiger charge is 2.28. The van der Waals surface area contributed by atoms with Crippen LogP contribution in [0.3, 0.4) is 0 Å². The molecule has 4 nitrogen and oxygen atoms in total. The van der Waals surface area contributed by atoms with Crippen LogP contribution in [0, 0.1) is 5.92 Å². The Morgan fingerprint density at radius 2 is 1.70 bits per heavy atom. The summed E-state index contributed by atoms with van der Waals surface area (Å²) in [5.74, 6) is -0.399. The molecule has 0 aromatic heterocycles. The summed E-state index contributed by atoms with van der Waals surface area (Å²) in [7, 11) is 0.